The van der Waals surface area contributed by atoms with Crippen LogP contribution in [0.15, 0.2) is 11.4 Å². The van der Waals surface area contributed by atoms with Crippen molar-refractivity contribution in [2.45, 2.75) is 24.8 Å². The highest BCUT2D eigenvalue weighted by Gasteiger charge is 2.56. The van der Waals surface area contributed by atoms with E-state index in [1.165, 1.54) is 0 Å². The lowest BCUT2D eigenvalue weighted by Gasteiger charge is -2.08. The van der Waals surface area contributed by atoms with E-state index in [0.29, 0.717) is 6.42 Å². The van der Waals surface area contributed by atoms with Crippen LogP contribution in [0, 0.1) is 8.80 Å². The van der Waals surface area contributed by atoms with Crippen LogP contribution < -0.4 is 5.73 Å². The molecule has 0 aliphatic heterocycles. The molecule has 1 saturated carbocycles. The number of hydrogen-bond acceptors (Lipinski definition) is 2. The Labute approximate surface area is 98.8 Å². The van der Waals surface area contributed by atoms with E-state index >= 15 is 0 Å². The Hall–Kier alpha value is 0.250. The molecular formula is C9H10F2INS. The Balaban J connectivity index is 1.94. The molecule has 0 radical (unpaired) electrons. The van der Waals surface area contributed by atoms with Crippen molar-refractivity contribution in [2.24, 2.45) is 11.7 Å². The lowest BCUT2D eigenvalue weighted by molar-refractivity contribution is 0.0954. The summed E-state index contributed by atoms with van der Waals surface area (Å²) < 4.78 is 26.4. The van der Waals surface area contributed by atoms with Crippen molar-refractivity contribution in [3.05, 3.63) is 19.9 Å². The molecule has 1 nitrogen and oxygen atoms in total. The molecule has 78 valence electrons. The average Bonchev–Trinajstić information content (AvgIpc) is 2.52. The molecule has 0 spiro atoms. The summed E-state index contributed by atoms with van der Waals surface area (Å²) in [6, 6.07) is 1.74. The third-order valence-electron chi connectivity index (χ3n) is 2.51. The first-order chi connectivity index (χ1) is 6.49. The second-order valence-corrected chi connectivity index (χ2v) is 6.49. The van der Waals surface area contributed by atoms with E-state index in [1.807, 2.05) is 11.4 Å². The monoisotopic (exact) mass is 329 g/mol. The molecule has 1 heterocycles. The molecule has 0 saturated heterocycles. The first-order valence-electron chi connectivity index (χ1n) is 4.36. The van der Waals surface area contributed by atoms with Crippen molar-refractivity contribution in [1.29, 1.82) is 0 Å². The van der Waals surface area contributed by atoms with Crippen LogP contribution in [0.2, 0.25) is 0 Å². The number of alkyl halides is 2. The van der Waals surface area contributed by atoms with Crippen molar-refractivity contribution in [3.63, 3.8) is 0 Å². The van der Waals surface area contributed by atoms with Crippen LogP contribution in [0.4, 0.5) is 8.78 Å². The Morgan fingerprint density at radius 3 is 2.79 bits per heavy atom. The van der Waals surface area contributed by atoms with Crippen LogP contribution in [-0.4, -0.2) is 5.92 Å². The fourth-order valence-corrected chi connectivity index (χ4v) is 2.92. The standard InChI is InChI=1S/C9H10F2INS/c10-9(11)3-6(9)2-7(13)5-1-8(12)14-4-5/h1,4,6-7H,2-3,13H2. The molecule has 1 aliphatic rings. The molecule has 2 atom stereocenters. The van der Waals surface area contributed by atoms with E-state index in [2.05, 4.69) is 22.6 Å². The Morgan fingerprint density at radius 2 is 2.36 bits per heavy atom. The van der Waals surface area contributed by atoms with Crippen LogP contribution in [0.1, 0.15) is 24.4 Å². The number of hydrogen-bond donors (Lipinski definition) is 1. The van der Waals surface area contributed by atoms with E-state index in [1.54, 1.807) is 11.3 Å². The van der Waals surface area contributed by atoms with Gasteiger partial charge in [-0.1, -0.05) is 0 Å². The van der Waals surface area contributed by atoms with Crippen LogP contribution in [0.5, 0.6) is 0 Å². The minimum Gasteiger partial charge on any atom is -0.324 e. The van der Waals surface area contributed by atoms with Crippen molar-refractivity contribution in [3.8, 4) is 0 Å². The van der Waals surface area contributed by atoms with Gasteiger partial charge in [0, 0.05) is 18.4 Å². The zero-order valence-corrected chi connectivity index (χ0v) is 10.3. The van der Waals surface area contributed by atoms with Crippen LogP contribution in [-0.2, 0) is 0 Å². The summed E-state index contributed by atoms with van der Waals surface area (Å²) in [5.41, 5.74) is 6.83. The SMILES string of the molecule is NC(CC1CC1(F)F)c1csc(I)c1. The summed E-state index contributed by atoms with van der Waals surface area (Å²) in [6.45, 7) is 0. The second kappa shape index (κ2) is 3.68. The summed E-state index contributed by atoms with van der Waals surface area (Å²) >= 11 is 3.80. The van der Waals surface area contributed by atoms with E-state index in [4.69, 9.17) is 5.73 Å². The summed E-state index contributed by atoms with van der Waals surface area (Å²) in [7, 11) is 0. The predicted molar refractivity (Wildman–Crippen MR) is 61.6 cm³/mol. The van der Waals surface area contributed by atoms with Crippen molar-refractivity contribution >= 4 is 33.9 Å². The van der Waals surface area contributed by atoms with Gasteiger partial charge in [-0.15, -0.1) is 11.3 Å². The molecule has 5 heteroatoms. The van der Waals surface area contributed by atoms with Gasteiger partial charge in [0.25, 0.3) is 5.92 Å². The maximum Gasteiger partial charge on any atom is 0.251 e. The number of thiophene rings is 1. The van der Waals surface area contributed by atoms with E-state index in [0.717, 1.165) is 8.45 Å². The fraction of sp³-hybridized carbons (Fsp3) is 0.556. The Morgan fingerprint density at radius 1 is 1.71 bits per heavy atom. The van der Waals surface area contributed by atoms with Gasteiger partial charge in [0.15, 0.2) is 0 Å². The lowest BCUT2D eigenvalue weighted by Crippen LogP contribution is -2.11. The van der Waals surface area contributed by atoms with Gasteiger partial charge in [-0.2, -0.15) is 0 Å². The average molecular weight is 329 g/mol. The van der Waals surface area contributed by atoms with Crippen molar-refractivity contribution in [1.82, 2.24) is 0 Å². The van der Waals surface area contributed by atoms with Crippen LogP contribution in [0.25, 0.3) is 0 Å². The normalized spacial score (nSPS) is 26.1. The van der Waals surface area contributed by atoms with E-state index in [9.17, 15) is 8.78 Å². The van der Waals surface area contributed by atoms with Crippen molar-refractivity contribution < 1.29 is 8.78 Å². The molecule has 0 amide bonds. The summed E-state index contributed by atoms with van der Waals surface area (Å²) in [4.78, 5) is 0. The van der Waals surface area contributed by atoms with Gasteiger partial charge in [0.2, 0.25) is 0 Å². The quantitative estimate of drug-likeness (QED) is 0.845. The zero-order valence-electron chi connectivity index (χ0n) is 7.34. The van der Waals surface area contributed by atoms with Gasteiger partial charge < -0.3 is 5.73 Å². The molecule has 1 aromatic rings. The molecule has 1 fully saturated rings. The highest BCUT2D eigenvalue weighted by Crippen LogP contribution is 2.52. The summed E-state index contributed by atoms with van der Waals surface area (Å²) in [5, 5.41) is 1.95. The first-order valence-corrected chi connectivity index (χ1v) is 6.32. The van der Waals surface area contributed by atoms with Crippen LogP contribution >= 0.6 is 33.9 Å². The molecule has 14 heavy (non-hydrogen) atoms. The molecule has 0 aromatic carbocycles. The largest absolute Gasteiger partial charge is 0.324 e. The number of rotatable bonds is 3. The molecule has 2 N–H and O–H groups in total. The van der Waals surface area contributed by atoms with Gasteiger partial charge in [-0.25, -0.2) is 8.78 Å². The number of halogens is 3. The molecule has 1 aromatic heterocycles. The topological polar surface area (TPSA) is 26.0 Å². The summed E-state index contributed by atoms with van der Waals surface area (Å²) in [6.07, 6.45) is 0.418. The minimum absolute atomic E-state index is 0.0158. The maximum absolute atomic E-state index is 12.6. The molecule has 0 bridgehead atoms. The van der Waals surface area contributed by atoms with Gasteiger partial charge in [0.05, 0.1) is 2.88 Å². The van der Waals surface area contributed by atoms with Crippen molar-refractivity contribution in [2.75, 3.05) is 0 Å². The predicted octanol–water partition coefficient (Wildman–Crippen LogP) is 3.40. The van der Waals surface area contributed by atoms with Crippen LogP contribution in [0.3, 0.4) is 0 Å². The number of nitrogens with two attached hydrogens (primary N) is 1. The summed E-state index contributed by atoms with van der Waals surface area (Å²) in [5.74, 6) is -2.93. The maximum atomic E-state index is 12.6. The van der Waals surface area contributed by atoms with Gasteiger partial charge >= 0.3 is 0 Å². The third kappa shape index (κ3) is 2.25. The highest BCUT2D eigenvalue weighted by molar-refractivity contribution is 14.1. The third-order valence-corrected chi connectivity index (χ3v) is 4.32. The molecule has 2 rings (SSSR count). The molecular weight excluding hydrogens is 319 g/mol. The molecule has 1 aliphatic carbocycles. The fourth-order valence-electron chi connectivity index (χ4n) is 1.49. The second-order valence-electron chi connectivity index (χ2n) is 3.69. The van der Waals surface area contributed by atoms with E-state index in [-0.39, 0.29) is 12.5 Å². The Kier molecular flexibility index (Phi) is 2.83. The van der Waals surface area contributed by atoms with Gasteiger partial charge in [-0.05, 0) is 46.0 Å². The molecule has 2 unspecified atom stereocenters. The van der Waals surface area contributed by atoms with Gasteiger partial charge in [0.1, 0.15) is 0 Å². The van der Waals surface area contributed by atoms with Gasteiger partial charge in [-0.3, -0.25) is 0 Å². The smallest absolute Gasteiger partial charge is 0.251 e. The van der Waals surface area contributed by atoms with E-state index < -0.39 is 11.8 Å². The Bertz CT molecular complexity index is 339. The zero-order chi connectivity index (χ0) is 10.3. The first kappa shape index (κ1) is 10.8. The minimum atomic E-state index is -2.44. The lowest BCUT2D eigenvalue weighted by atomic mass is 10.1. The highest BCUT2D eigenvalue weighted by atomic mass is 127.